The van der Waals surface area contributed by atoms with E-state index in [9.17, 15) is 13.6 Å². The van der Waals surface area contributed by atoms with Gasteiger partial charge in [-0.05, 0) is 24.6 Å². The summed E-state index contributed by atoms with van der Waals surface area (Å²) < 4.78 is 33.7. The molecular weight excluding hydrogens is 380 g/mol. The van der Waals surface area contributed by atoms with E-state index in [2.05, 4.69) is 27.4 Å². The number of cyclic esters (lactones) is 1. The van der Waals surface area contributed by atoms with Crippen LogP contribution in [0, 0.1) is 0 Å². The predicted octanol–water partition coefficient (Wildman–Crippen LogP) is 3.51. The number of nitrogens with zero attached hydrogens (tertiary/aromatic N) is 3. The molecule has 4 rings (SSSR count). The molecule has 0 spiro atoms. The van der Waals surface area contributed by atoms with Gasteiger partial charge < -0.3 is 15.0 Å². The van der Waals surface area contributed by atoms with Crippen LogP contribution in [0.3, 0.4) is 0 Å². The maximum Gasteiger partial charge on any atom is 0.413 e. The number of fused-ring (bicyclic) bond motifs is 1. The van der Waals surface area contributed by atoms with Crippen molar-refractivity contribution in [1.29, 1.82) is 0 Å². The number of nitrogens with one attached hydrogen (secondary N) is 2. The number of hydrogen-bond donors (Lipinski definition) is 2. The van der Waals surface area contributed by atoms with Gasteiger partial charge >= 0.3 is 6.09 Å². The molecule has 2 aromatic heterocycles. The van der Waals surface area contributed by atoms with Crippen LogP contribution in [-0.2, 0) is 17.3 Å². The Kier molecular flexibility index (Phi) is 5.08. The van der Waals surface area contributed by atoms with Crippen molar-refractivity contribution in [1.82, 2.24) is 15.3 Å². The lowest BCUT2D eigenvalue weighted by molar-refractivity contribution is 0.0174. The number of piperazine rings is 1. The lowest BCUT2D eigenvalue weighted by Crippen LogP contribution is -2.51. The highest BCUT2D eigenvalue weighted by atomic mass is 19.3. The maximum atomic E-state index is 14.3. The highest BCUT2D eigenvalue weighted by molar-refractivity contribution is 5.88. The van der Waals surface area contributed by atoms with Gasteiger partial charge in [0.05, 0.1) is 5.69 Å². The summed E-state index contributed by atoms with van der Waals surface area (Å²) in [6, 6.07) is 4.76. The van der Waals surface area contributed by atoms with Crippen LogP contribution < -0.4 is 15.5 Å². The molecule has 2 aliphatic heterocycles. The van der Waals surface area contributed by atoms with E-state index >= 15 is 0 Å². The molecular formula is C20H23F2N5O2. The minimum atomic E-state index is -3.01. The second-order valence-corrected chi connectivity index (χ2v) is 7.33. The van der Waals surface area contributed by atoms with Crippen LogP contribution in [0.1, 0.15) is 31.4 Å². The van der Waals surface area contributed by atoms with E-state index in [1.165, 1.54) is 18.3 Å². The second kappa shape index (κ2) is 7.55. The number of alkyl halides is 2. The molecule has 2 N–H and O–H groups in total. The van der Waals surface area contributed by atoms with Crippen LogP contribution in [-0.4, -0.2) is 41.7 Å². The molecule has 1 amide bonds. The van der Waals surface area contributed by atoms with Gasteiger partial charge in [-0.25, -0.2) is 23.5 Å². The highest BCUT2D eigenvalue weighted by Crippen LogP contribution is 2.36. The summed E-state index contributed by atoms with van der Waals surface area (Å²) in [5.41, 5.74) is 1.54. The van der Waals surface area contributed by atoms with E-state index in [4.69, 9.17) is 9.72 Å². The van der Waals surface area contributed by atoms with E-state index in [1.54, 1.807) is 6.07 Å². The Bertz CT molecular complexity index is 932. The van der Waals surface area contributed by atoms with Gasteiger partial charge in [-0.1, -0.05) is 6.92 Å². The van der Waals surface area contributed by atoms with E-state index in [0.29, 0.717) is 35.0 Å². The lowest BCUT2D eigenvalue weighted by Gasteiger charge is -2.37. The van der Waals surface area contributed by atoms with Crippen LogP contribution in [0.25, 0.3) is 11.3 Å². The number of aromatic nitrogens is 2. The molecule has 1 fully saturated rings. The van der Waals surface area contributed by atoms with Crippen molar-refractivity contribution < 1.29 is 18.3 Å². The minimum absolute atomic E-state index is 0.0132. The van der Waals surface area contributed by atoms with Crippen LogP contribution in [0.5, 0.6) is 0 Å². The van der Waals surface area contributed by atoms with Crippen LogP contribution >= 0.6 is 0 Å². The first-order valence-electron chi connectivity index (χ1n) is 9.66. The van der Waals surface area contributed by atoms with Crippen molar-refractivity contribution in [2.45, 2.75) is 38.8 Å². The Morgan fingerprint density at radius 2 is 2.21 bits per heavy atom. The molecule has 7 nitrogen and oxygen atoms in total. The smallest absolute Gasteiger partial charge is 0.413 e. The summed E-state index contributed by atoms with van der Waals surface area (Å²) in [5.74, 6) is -2.12. The fourth-order valence-corrected chi connectivity index (χ4v) is 3.74. The van der Waals surface area contributed by atoms with E-state index in [1.807, 2.05) is 0 Å². The summed E-state index contributed by atoms with van der Waals surface area (Å²) in [5, 5.41) is 5.88. The number of ether oxygens (including phenoxy) is 1. The minimum Gasteiger partial charge on any atom is -0.444 e. The Balaban J connectivity index is 1.84. The van der Waals surface area contributed by atoms with E-state index < -0.39 is 12.0 Å². The molecule has 154 valence electrons. The fraction of sp³-hybridized carbons (Fsp3) is 0.450. The Labute approximate surface area is 167 Å². The molecule has 0 aromatic carbocycles. The zero-order chi connectivity index (χ0) is 20.6. The van der Waals surface area contributed by atoms with Gasteiger partial charge in [-0.2, -0.15) is 0 Å². The van der Waals surface area contributed by atoms with Crippen LogP contribution in [0.4, 0.5) is 25.2 Å². The standard InChI is InChI=1S/C20H23F2N5O2/c1-3-13-10-23-6-7-27(13)17-9-12(20(2,21)22)8-16(25-17)14-4-5-24-18-15(14)11-29-19(28)26-18/h4-5,8-9,13,23H,3,6-7,10-11H2,1-2H3,(H,24,26,28). The quantitative estimate of drug-likeness (QED) is 0.814. The molecule has 1 saturated heterocycles. The molecule has 9 heteroatoms. The predicted molar refractivity (Wildman–Crippen MR) is 105 cm³/mol. The number of hydrogen-bond acceptors (Lipinski definition) is 6. The third kappa shape index (κ3) is 3.87. The zero-order valence-corrected chi connectivity index (χ0v) is 16.3. The van der Waals surface area contributed by atoms with Crippen molar-refractivity contribution in [2.75, 3.05) is 29.9 Å². The van der Waals surface area contributed by atoms with Crippen molar-refractivity contribution >= 4 is 17.7 Å². The summed E-state index contributed by atoms with van der Waals surface area (Å²) in [6.45, 7) is 5.21. The van der Waals surface area contributed by atoms with Crippen molar-refractivity contribution in [3.05, 3.63) is 35.5 Å². The molecule has 0 bridgehead atoms. The normalized spacial score (nSPS) is 19.4. The SMILES string of the molecule is CCC1CNCCN1c1cc(C(C)(F)F)cc(-c2ccnc3c2COC(=O)N3)n1. The monoisotopic (exact) mass is 403 g/mol. The van der Waals surface area contributed by atoms with Crippen LogP contribution in [0.2, 0.25) is 0 Å². The number of pyridine rings is 2. The molecule has 0 saturated carbocycles. The number of anilines is 2. The van der Waals surface area contributed by atoms with Gasteiger partial charge in [-0.15, -0.1) is 0 Å². The summed E-state index contributed by atoms with van der Waals surface area (Å²) >= 11 is 0. The molecule has 4 heterocycles. The average molecular weight is 403 g/mol. The van der Waals surface area contributed by atoms with Crippen molar-refractivity contribution in [2.24, 2.45) is 0 Å². The van der Waals surface area contributed by atoms with Gasteiger partial charge in [0.2, 0.25) is 0 Å². The zero-order valence-electron chi connectivity index (χ0n) is 16.3. The number of amides is 1. The molecule has 2 aromatic rings. The first-order valence-corrected chi connectivity index (χ1v) is 9.66. The molecule has 0 radical (unpaired) electrons. The molecule has 1 unspecified atom stereocenters. The number of carbonyl (C=O) groups is 1. The maximum absolute atomic E-state index is 14.3. The number of halogens is 2. The van der Waals surface area contributed by atoms with Crippen molar-refractivity contribution in [3.63, 3.8) is 0 Å². The summed E-state index contributed by atoms with van der Waals surface area (Å²) in [4.78, 5) is 22.5. The Morgan fingerprint density at radius 3 is 2.97 bits per heavy atom. The van der Waals surface area contributed by atoms with Crippen LogP contribution in [0.15, 0.2) is 24.4 Å². The molecule has 29 heavy (non-hydrogen) atoms. The average Bonchev–Trinajstić information content (AvgIpc) is 2.72. The third-order valence-corrected chi connectivity index (χ3v) is 5.33. The summed E-state index contributed by atoms with van der Waals surface area (Å²) in [6.07, 6.45) is 1.81. The van der Waals surface area contributed by atoms with Gasteiger partial charge in [0.25, 0.3) is 5.92 Å². The highest BCUT2D eigenvalue weighted by Gasteiger charge is 2.30. The van der Waals surface area contributed by atoms with Gasteiger partial charge in [-0.3, -0.25) is 5.32 Å². The van der Waals surface area contributed by atoms with Gasteiger partial charge in [0, 0.05) is 55.5 Å². The third-order valence-electron chi connectivity index (χ3n) is 5.33. The fourth-order valence-electron chi connectivity index (χ4n) is 3.74. The topological polar surface area (TPSA) is 79.4 Å². The van der Waals surface area contributed by atoms with E-state index in [-0.39, 0.29) is 18.2 Å². The molecule has 1 atom stereocenters. The Morgan fingerprint density at radius 1 is 1.38 bits per heavy atom. The largest absolute Gasteiger partial charge is 0.444 e. The molecule has 2 aliphatic rings. The van der Waals surface area contributed by atoms with Gasteiger partial charge in [0.15, 0.2) is 0 Å². The first kappa shape index (κ1) is 19.5. The second-order valence-electron chi connectivity index (χ2n) is 7.33. The van der Waals surface area contributed by atoms with Gasteiger partial charge in [0.1, 0.15) is 18.2 Å². The lowest BCUT2D eigenvalue weighted by atomic mass is 10.0. The van der Waals surface area contributed by atoms with E-state index in [0.717, 1.165) is 26.4 Å². The number of carbonyl (C=O) groups excluding carboxylic acids is 1. The number of rotatable bonds is 4. The summed E-state index contributed by atoms with van der Waals surface area (Å²) in [7, 11) is 0. The Hall–Kier alpha value is -2.81. The van der Waals surface area contributed by atoms with Crippen molar-refractivity contribution in [3.8, 4) is 11.3 Å². The first-order chi connectivity index (χ1) is 13.9. The molecule has 0 aliphatic carbocycles.